The molecule has 5 nitrogen and oxygen atoms in total. The number of carbonyl (C=O) groups excluding carboxylic acids is 1. The molecule has 0 aliphatic heterocycles. The van der Waals surface area contributed by atoms with Crippen LogP contribution >= 0.6 is 0 Å². The van der Waals surface area contributed by atoms with Crippen LogP contribution in [0.5, 0.6) is 5.75 Å². The van der Waals surface area contributed by atoms with Crippen LogP contribution in [0.25, 0.3) is 0 Å². The van der Waals surface area contributed by atoms with E-state index in [4.69, 9.17) is 14.6 Å². The zero-order chi connectivity index (χ0) is 17.5. The Morgan fingerprint density at radius 2 is 1.75 bits per heavy atom. The monoisotopic (exact) mass is 328 g/mol. The number of carboxylic acid groups (broad SMARTS) is 1. The molecule has 2 rings (SSSR count). The Morgan fingerprint density at radius 3 is 2.38 bits per heavy atom. The first-order valence-electron chi connectivity index (χ1n) is 7.64. The predicted octanol–water partition coefficient (Wildman–Crippen LogP) is 3.63. The Morgan fingerprint density at radius 1 is 1.08 bits per heavy atom. The summed E-state index contributed by atoms with van der Waals surface area (Å²) in [6.45, 7) is 3.88. The van der Waals surface area contributed by atoms with Gasteiger partial charge in [-0.15, -0.1) is 0 Å². The highest BCUT2D eigenvalue weighted by molar-refractivity contribution is 5.89. The minimum atomic E-state index is -0.969. The van der Waals surface area contributed by atoms with Crippen molar-refractivity contribution >= 4 is 11.9 Å². The number of carbonyl (C=O) groups is 2. The summed E-state index contributed by atoms with van der Waals surface area (Å²) in [5.41, 5.74) is 1.90. The summed E-state index contributed by atoms with van der Waals surface area (Å²) in [4.78, 5) is 22.0. The minimum Gasteiger partial charge on any atom is -0.489 e. The summed E-state index contributed by atoms with van der Waals surface area (Å²) in [7, 11) is 0. The van der Waals surface area contributed by atoms with Gasteiger partial charge in [0.1, 0.15) is 12.4 Å². The SMILES string of the molecule is CC(=O)OC[C@@H](C)c1ccc(OCc2ccccc2C(=O)O)cc1. The van der Waals surface area contributed by atoms with Gasteiger partial charge in [0.2, 0.25) is 0 Å². The summed E-state index contributed by atoms with van der Waals surface area (Å²) < 4.78 is 10.7. The number of benzene rings is 2. The maximum atomic E-state index is 11.2. The third-order valence-corrected chi connectivity index (χ3v) is 3.63. The fourth-order valence-electron chi connectivity index (χ4n) is 2.25. The summed E-state index contributed by atoms with van der Waals surface area (Å²) in [5, 5.41) is 9.16. The van der Waals surface area contributed by atoms with Gasteiger partial charge in [0.25, 0.3) is 0 Å². The van der Waals surface area contributed by atoms with Crippen molar-refractivity contribution in [3.05, 3.63) is 65.2 Å². The van der Waals surface area contributed by atoms with Gasteiger partial charge in [-0.1, -0.05) is 37.3 Å². The number of esters is 1. The lowest BCUT2D eigenvalue weighted by Gasteiger charge is -2.13. The van der Waals surface area contributed by atoms with Crippen LogP contribution in [0.2, 0.25) is 0 Å². The number of aromatic carboxylic acids is 1. The Labute approximate surface area is 140 Å². The Bertz CT molecular complexity index is 706. The second kappa shape index (κ2) is 8.15. The standard InChI is InChI=1S/C19H20O5/c1-13(11-23-14(2)20)15-7-9-17(10-8-15)24-12-16-5-3-4-6-18(16)19(21)22/h3-10,13H,11-12H2,1-2H3,(H,21,22)/t13-/m1/s1. The molecule has 24 heavy (non-hydrogen) atoms. The van der Waals surface area contributed by atoms with Crippen LogP contribution in [0.3, 0.4) is 0 Å². The van der Waals surface area contributed by atoms with E-state index in [1.54, 1.807) is 24.3 Å². The smallest absolute Gasteiger partial charge is 0.336 e. The largest absolute Gasteiger partial charge is 0.489 e. The average Bonchev–Trinajstić information content (AvgIpc) is 2.58. The molecule has 1 N–H and O–H groups in total. The first kappa shape index (κ1) is 17.5. The second-order valence-electron chi connectivity index (χ2n) is 5.52. The molecule has 5 heteroatoms. The van der Waals surface area contributed by atoms with E-state index in [1.165, 1.54) is 6.92 Å². The molecule has 0 radical (unpaired) electrons. The molecular weight excluding hydrogens is 308 g/mol. The minimum absolute atomic E-state index is 0.0932. The van der Waals surface area contributed by atoms with Gasteiger partial charge >= 0.3 is 11.9 Å². The van der Waals surface area contributed by atoms with E-state index in [9.17, 15) is 9.59 Å². The summed E-state index contributed by atoms with van der Waals surface area (Å²) in [6.07, 6.45) is 0. The molecule has 0 saturated carbocycles. The van der Waals surface area contributed by atoms with Crippen molar-refractivity contribution < 1.29 is 24.2 Å². The predicted molar refractivity (Wildman–Crippen MR) is 89.2 cm³/mol. The van der Waals surface area contributed by atoms with E-state index >= 15 is 0 Å². The molecule has 2 aromatic carbocycles. The maximum absolute atomic E-state index is 11.2. The lowest BCUT2D eigenvalue weighted by atomic mass is 10.0. The van der Waals surface area contributed by atoms with Gasteiger partial charge < -0.3 is 14.6 Å². The first-order chi connectivity index (χ1) is 11.5. The zero-order valence-electron chi connectivity index (χ0n) is 13.7. The number of rotatable bonds is 7. The van der Waals surface area contributed by atoms with Crippen LogP contribution < -0.4 is 4.74 Å². The van der Waals surface area contributed by atoms with Crippen LogP contribution in [0, 0.1) is 0 Å². The van der Waals surface area contributed by atoms with Crippen molar-refractivity contribution in [2.45, 2.75) is 26.4 Å². The average molecular weight is 328 g/mol. The van der Waals surface area contributed by atoms with Gasteiger partial charge in [-0.05, 0) is 23.8 Å². The van der Waals surface area contributed by atoms with E-state index in [-0.39, 0.29) is 24.1 Å². The Kier molecular flexibility index (Phi) is 5.95. The fraction of sp³-hybridized carbons (Fsp3) is 0.263. The third-order valence-electron chi connectivity index (χ3n) is 3.63. The van der Waals surface area contributed by atoms with Crippen molar-refractivity contribution in [1.29, 1.82) is 0 Å². The maximum Gasteiger partial charge on any atom is 0.336 e. The van der Waals surface area contributed by atoms with Crippen LogP contribution in [0.15, 0.2) is 48.5 Å². The lowest BCUT2D eigenvalue weighted by Crippen LogP contribution is -2.08. The molecule has 2 aromatic rings. The van der Waals surface area contributed by atoms with E-state index in [0.717, 1.165) is 5.56 Å². The highest BCUT2D eigenvalue weighted by atomic mass is 16.5. The van der Waals surface area contributed by atoms with Gasteiger partial charge in [0.15, 0.2) is 0 Å². The summed E-state index contributed by atoms with van der Waals surface area (Å²) in [6, 6.07) is 14.2. The molecule has 0 heterocycles. The Balaban J connectivity index is 1.97. The molecule has 0 spiro atoms. The molecule has 0 unspecified atom stereocenters. The van der Waals surface area contributed by atoms with Crippen molar-refractivity contribution in [2.75, 3.05) is 6.61 Å². The zero-order valence-corrected chi connectivity index (χ0v) is 13.7. The highest BCUT2D eigenvalue weighted by Crippen LogP contribution is 2.21. The molecule has 1 atom stereocenters. The summed E-state index contributed by atoms with van der Waals surface area (Å²) >= 11 is 0. The van der Waals surface area contributed by atoms with Crippen molar-refractivity contribution in [3.63, 3.8) is 0 Å². The second-order valence-corrected chi connectivity index (χ2v) is 5.52. The molecule has 0 aliphatic rings. The number of ether oxygens (including phenoxy) is 2. The third kappa shape index (κ3) is 4.84. The van der Waals surface area contributed by atoms with Gasteiger partial charge in [0, 0.05) is 18.4 Å². The van der Waals surface area contributed by atoms with Gasteiger partial charge in [-0.3, -0.25) is 4.79 Å². The first-order valence-corrected chi connectivity index (χ1v) is 7.64. The number of hydrogen-bond donors (Lipinski definition) is 1. The van der Waals surface area contributed by atoms with Gasteiger partial charge in [-0.25, -0.2) is 4.79 Å². The van der Waals surface area contributed by atoms with E-state index < -0.39 is 5.97 Å². The quantitative estimate of drug-likeness (QED) is 0.786. The summed E-state index contributed by atoms with van der Waals surface area (Å²) in [5.74, 6) is -0.517. The molecular formula is C19H20O5. The fourth-order valence-corrected chi connectivity index (χ4v) is 2.25. The number of carboxylic acids is 1. The van der Waals surface area contributed by atoms with Crippen LogP contribution in [-0.4, -0.2) is 23.7 Å². The van der Waals surface area contributed by atoms with Crippen LogP contribution in [0.1, 0.15) is 41.3 Å². The van der Waals surface area contributed by atoms with E-state index in [1.807, 2.05) is 31.2 Å². The van der Waals surface area contributed by atoms with Crippen molar-refractivity contribution in [1.82, 2.24) is 0 Å². The van der Waals surface area contributed by atoms with Gasteiger partial charge in [0.05, 0.1) is 12.2 Å². The number of hydrogen-bond acceptors (Lipinski definition) is 4. The topological polar surface area (TPSA) is 72.8 Å². The Hall–Kier alpha value is -2.82. The van der Waals surface area contributed by atoms with Crippen molar-refractivity contribution in [3.8, 4) is 5.75 Å². The lowest BCUT2D eigenvalue weighted by molar-refractivity contribution is -0.141. The van der Waals surface area contributed by atoms with E-state index in [2.05, 4.69) is 0 Å². The highest BCUT2D eigenvalue weighted by Gasteiger charge is 2.10. The molecule has 126 valence electrons. The van der Waals surface area contributed by atoms with Crippen LogP contribution in [0.4, 0.5) is 0 Å². The normalized spacial score (nSPS) is 11.6. The molecule has 0 aliphatic carbocycles. The molecule has 0 bridgehead atoms. The van der Waals surface area contributed by atoms with E-state index in [0.29, 0.717) is 17.9 Å². The molecule has 0 amide bonds. The van der Waals surface area contributed by atoms with Crippen LogP contribution in [-0.2, 0) is 16.1 Å². The molecule has 0 aromatic heterocycles. The molecule has 0 fully saturated rings. The molecule has 0 saturated heterocycles. The van der Waals surface area contributed by atoms with Crippen molar-refractivity contribution in [2.24, 2.45) is 0 Å². The van der Waals surface area contributed by atoms with Gasteiger partial charge in [-0.2, -0.15) is 0 Å².